The van der Waals surface area contributed by atoms with Gasteiger partial charge in [0.15, 0.2) is 0 Å². The van der Waals surface area contributed by atoms with Crippen molar-refractivity contribution in [3.05, 3.63) is 24.3 Å². The molecular weight excluding hydrogens is 220 g/mol. The molecule has 2 nitrogen and oxygen atoms in total. The second-order valence-electron chi connectivity index (χ2n) is 3.97. The molecule has 3 heteroatoms. The molecule has 0 aliphatic heterocycles. The monoisotopic (exact) mass is 240 g/mol. The SMILES string of the molecule is CCC(CO)Sc1ccc(OC(C)C)cc1. The maximum Gasteiger partial charge on any atom is 0.119 e. The van der Waals surface area contributed by atoms with Crippen molar-refractivity contribution in [2.75, 3.05) is 6.61 Å². The van der Waals surface area contributed by atoms with Gasteiger partial charge in [0, 0.05) is 10.1 Å². The normalized spacial score (nSPS) is 12.8. The van der Waals surface area contributed by atoms with Crippen LogP contribution in [0.1, 0.15) is 27.2 Å². The van der Waals surface area contributed by atoms with E-state index in [4.69, 9.17) is 9.84 Å². The number of hydrogen-bond donors (Lipinski definition) is 1. The fraction of sp³-hybridized carbons (Fsp3) is 0.538. The van der Waals surface area contributed by atoms with Crippen LogP contribution >= 0.6 is 11.8 Å². The van der Waals surface area contributed by atoms with Gasteiger partial charge in [0.1, 0.15) is 5.75 Å². The van der Waals surface area contributed by atoms with E-state index in [0.717, 1.165) is 12.2 Å². The zero-order valence-electron chi connectivity index (χ0n) is 10.1. The highest BCUT2D eigenvalue weighted by atomic mass is 32.2. The lowest BCUT2D eigenvalue weighted by Gasteiger charge is -2.12. The number of aliphatic hydroxyl groups excluding tert-OH is 1. The number of aliphatic hydroxyl groups is 1. The second kappa shape index (κ2) is 6.81. The van der Waals surface area contributed by atoms with Crippen molar-refractivity contribution in [3.63, 3.8) is 0 Å². The molecule has 0 fully saturated rings. The second-order valence-corrected chi connectivity index (χ2v) is 5.34. The molecule has 1 rings (SSSR count). The first-order valence-corrected chi connectivity index (χ1v) is 6.58. The predicted molar refractivity (Wildman–Crippen MR) is 69.2 cm³/mol. The van der Waals surface area contributed by atoms with Crippen LogP contribution in [0.5, 0.6) is 5.75 Å². The first-order valence-electron chi connectivity index (χ1n) is 5.70. The molecule has 1 N–H and O–H groups in total. The lowest BCUT2D eigenvalue weighted by molar-refractivity contribution is 0.242. The first kappa shape index (κ1) is 13.4. The summed E-state index contributed by atoms with van der Waals surface area (Å²) in [6, 6.07) is 8.04. The molecular formula is C13H20O2S. The van der Waals surface area contributed by atoms with Crippen LogP contribution in [-0.2, 0) is 0 Å². The molecule has 1 aromatic carbocycles. The Kier molecular flexibility index (Phi) is 5.71. The molecule has 0 aromatic heterocycles. The highest BCUT2D eigenvalue weighted by Gasteiger charge is 2.06. The molecule has 0 aliphatic rings. The van der Waals surface area contributed by atoms with Gasteiger partial charge in [0.05, 0.1) is 12.7 Å². The summed E-state index contributed by atoms with van der Waals surface area (Å²) in [6.07, 6.45) is 1.19. The zero-order chi connectivity index (χ0) is 12.0. The number of ether oxygens (including phenoxy) is 1. The highest BCUT2D eigenvalue weighted by Crippen LogP contribution is 2.27. The molecule has 1 unspecified atom stereocenters. The van der Waals surface area contributed by atoms with E-state index in [9.17, 15) is 0 Å². The summed E-state index contributed by atoms with van der Waals surface area (Å²) in [5.74, 6) is 0.899. The van der Waals surface area contributed by atoms with Crippen LogP contribution in [-0.4, -0.2) is 23.1 Å². The molecule has 0 amide bonds. The summed E-state index contributed by atoms with van der Waals surface area (Å²) in [7, 11) is 0. The molecule has 90 valence electrons. The van der Waals surface area contributed by atoms with Crippen LogP contribution in [0.15, 0.2) is 29.2 Å². The lowest BCUT2D eigenvalue weighted by atomic mass is 10.3. The van der Waals surface area contributed by atoms with Gasteiger partial charge in [-0.15, -0.1) is 11.8 Å². The van der Waals surface area contributed by atoms with Gasteiger partial charge >= 0.3 is 0 Å². The summed E-state index contributed by atoms with van der Waals surface area (Å²) in [5, 5.41) is 9.40. The van der Waals surface area contributed by atoms with Crippen molar-refractivity contribution in [1.29, 1.82) is 0 Å². The highest BCUT2D eigenvalue weighted by molar-refractivity contribution is 8.00. The van der Waals surface area contributed by atoms with Crippen molar-refractivity contribution in [2.24, 2.45) is 0 Å². The molecule has 0 bridgehead atoms. The maximum atomic E-state index is 9.12. The van der Waals surface area contributed by atoms with Crippen LogP contribution < -0.4 is 4.74 Å². The minimum Gasteiger partial charge on any atom is -0.491 e. The summed E-state index contributed by atoms with van der Waals surface area (Å²) < 4.78 is 5.57. The standard InChI is InChI=1S/C13H20O2S/c1-4-12(9-14)16-13-7-5-11(6-8-13)15-10(2)3/h5-8,10,12,14H,4,9H2,1-3H3. The van der Waals surface area contributed by atoms with E-state index in [0.29, 0.717) is 0 Å². The Hall–Kier alpha value is -0.670. The Morgan fingerprint density at radius 3 is 2.31 bits per heavy atom. The van der Waals surface area contributed by atoms with Crippen LogP contribution in [0.4, 0.5) is 0 Å². The average Bonchev–Trinajstić information content (AvgIpc) is 2.27. The van der Waals surface area contributed by atoms with E-state index in [1.165, 1.54) is 4.90 Å². The Morgan fingerprint density at radius 1 is 1.25 bits per heavy atom. The summed E-state index contributed by atoms with van der Waals surface area (Å²) in [4.78, 5) is 1.18. The third kappa shape index (κ3) is 4.45. The van der Waals surface area contributed by atoms with E-state index in [1.54, 1.807) is 11.8 Å². The van der Waals surface area contributed by atoms with Crippen LogP contribution in [0, 0.1) is 0 Å². The van der Waals surface area contributed by atoms with Crippen LogP contribution in [0.25, 0.3) is 0 Å². The first-order chi connectivity index (χ1) is 7.65. The van der Waals surface area contributed by atoms with Crippen molar-refractivity contribution in [1.82, 2.24) is 0 Å². The smallest absolute Gasteiger partial charge is 0.119 e. The van der Waals surface area contributed by atoms with E-state index < -0.39 is 0 Å². The molecule has 0 saturated heterocycles. The Bertz CT molecular complexity index is 291. The molecule has 0 aliphatic carbocycles. The minimum absolute atomic E-state index is 0.208. The predicted octanol–water partition coefficient (Wildman–Crippen LogP) is 3.34. The van der Waals surface area contributed by atoms with Gasteiger partial charge in [-0.25, -0.2) is 0 Å². The topological polar surface area (TPSA) is 29.5 Å². The fourth-order valence-electron chi connectivity index (χ4n) is 1.31. The van der Waals surface area contributed by atoms with Gasteiger partial charge in [-0.05, 0) is 44.5 Å². The maximum absolute atomic E-state index is 9.12. The van der Waals surface area contributed by atoms with Crippen LogP contribution in [0.3, 0.4) is 0 Å². The van der Waals surface area contributed by atoms with Gasteiger partial charge in [-0.2, -0.15) is 0 Å². The van der Waals surface area contributed by atoms with Crippen LogP contribution in [0.2, 0.25) is 0 Å². The Labute approximate surface area is 102 Å². The summed E-state index contributed by atoms with van der Waals surface area (Å²) in [5.41, 5.74) is 0. The zero-order valence-corrected chi connectivity index (χ0v) is 11.0. The molecule has 0 radical (unpaired) electrons. The third-order valence-electron chi connectivity index (χ3n) is 2.16. The van der Waals surface area contributed by atoms with E-state index in [1.807, 2.05) is 38.1 Å². The van der Waals surface area contributed by atoms with Gasteiger partial charge in [-0.3, -0.25) is 0 Å². The number of hydrogen-bond acceptors (Lipinski definition) is 3. The number of thioether (sulfide) groups is 1. The van der Waals surface area contributed by atoms with Gasteiger partial charge in [0.25, 0.3) is 0 Å². The van der Waals surface area contributed by atoms with Gasteiger partial charge in [-0.1, -0.05) is 6.92 Å². The van der Waals surface area contributed by atoms with Gasteiger partial charge in [0.2, 0.25) is 0 Å². The molecule has 0 heterocycles. The van der Waals surface area contributed by atoms with Crippen molar-refractivity contribution >= 4 is 11.8 Å². The molecule has 0 saturated carbocycles. The van der Waals surface area contributed by atoms with E-state index in [2.05, 4.69) is 6.92 Å². The number of rotatable bonds is 6. The van der Waals surface area contributed by atoms with Crippen molar-refractivity contribution < 1.29 is 9.84 Å². The quantitative estimate of drug-likeness (QED) is 0.773. The Balaban J connectivity index is 2.57. The third-order valence-corrected chi connectivity index (χ3v) is 3.52. The Morgan fingerprint density at radius 2 is 1.88 bits per heavy atom. The summed E-state index contributed by atoms with van der Waals surface area (Å²) in [6.45, 7) is 6.35. The number of benzene rings is 1. The lowest BCUT2D eigenvalue weighted by Crippen LogP contribution is -2.06. The fourth-order valence-corrected chi connectivity index (χ4v) is 2.23. The minimum atomic E-state index is 0.208. The summed E-state index contributed by atoms with van der Waals surface area (Å²) >= 11 is 1.71. The molecule has 1 atom stereocenters. The van der Waals surface area contributed by atoms with Crippen molar-refractivity contribution in [2.45, 2.75) is 43.4 Å². The molecule has 16 heavy (non-hydrogen) atoms. The van der Waals surface area contributed by atoms with Crippen molar-refractivity contribution in [3.8, 4) is 5.75 Å². The van der Waals surface area contributed by atoms with Gasteiger partial charge < -0.3 is 9.84 Å². The average molecular weight is 240 g/mol. The molecule has 0 spiro atoms. The largest absolute Gasteiger partial charge is 0.491 e. The van der Waals surface area contributed by atoms with E-state index >= 15 is 0 Å². The van der Waals surface area contributed by atoms with E-state index in [-0.39, 0.29) is 18.0 Å². The molecule has 1 aromatic rings.